The molecule has 0 saturated carbocycles. The number of rotatable bonds is 5. The van der Waals surface area contributed by atoms with E-state index in [1.165, 1.54) is 5.56 Å². The van der Waals surface area contributed by atoms with Crippen LogP contribution in [0.1, 0.15) is 53.6 Å². The molecule has 1 fully saturated rings. The van der Waals surface area contributed by atoms with E-state index in [1.54, 1.807) is 0 Å². The highest BCUT2D eigenvalue weighted by atomic mass is 16.2. The van der Waals surface area contributed by atoms with Gasteiger partial charge in [-0.3, -0.25) is 4.79 Å². The van der Waals surface area contributed by atoms with E-state index in [0.717, 1.165) is 42.8 Å². The van der Waals surface area contributed by atoms with Crippen molar-refractivity contribution in [3.8, 4) is 11.1 Å². The minimum absolute atomic E-state index is 0.115. The maximum absolute atomic E-state index is 12.8. The lowest BCUT2D eigenvalue weighted by atomic mass is 10.0. The Morgan fingerprint density at radius 1 is 1.07 bits per heavy atom. The number of carbonyl (C=O) groups excluding carboxylic acids is 1. The van der Waals surface area contributed by atoms with Crippen molar-refractivity contribution in [2.75, 3.05) is 13.1 Å². The standard InChI is InChI=1S/C23H27N5O/c1-16(18-8-10-20(11-9-18)19-6-4-3-5-7-19)25-23(29)22-17(2)28(27-26-22)21-12-14-24-15-13-21/h3-11,16,21,24H,12-15H2,1-2H3,(H,25,29). The molecule has 0 aliphatic carbocycles. The van der Waals surface area contributed by atoms with Gasteiger partial charge in [-0.15, -0.1) is 5.10 Å². The van der Waals surface area contributed by atoms with E-state index in [9.17, 15) is 4.79 Å². The number of nitrogens with zero attached hydrogens (tertiary/aromatic N) is 3. The molecule has 1 aromatic heterocycles. The average Bonchev–Trinajstić information content (AvgIpc) is 3.16. The van der Waals surface area contributed by atoms with E-state index in [2.05, 4.69) is 57.3 Å². The van der Waals surface area contributed by atoms with Gasteiger partial charge in [0.1, 0.15) is 0 Å². The molecule has 1 saturated heterocycles. The molecule has 2 heterocycles. The van der Waals surface area contributed by atoms with Gasteiger partial charge < -0.3 is 10.6 Å². The zero-order chi connectivity index (χ0) is 20.2. The first-order valence-electron chi connectivity index (χ1n) is 10.2. The first-order valence-corrected chi connectivity index (χ1v) is 10.2. The molecule has 3 aromatic rings. The molecule has 6 heteroatoms. The number of hydrogen-bond acceptors (Lipinski definition) is 4. The second-order valence-electron chi connectivity index (χ2n) is 7.63. The lowest BCUT2D eigenvalue weighted by molar-refractivity contribution is 0.0934. The van der Waals surface area contributed by atoms with Crippen LogP contribution >= 0.6 is 0 Å². The van der Waals surface area contributed by atoms with Crippen LogP contribution in [0, 0.1) is 6.92 Å². The van der Waals surface area contributed by atoms with Crippen LogP contribution in [-0.4, -0.2) is 34.0 Å². The van der Waals surface area contributed by atoms with E-state index in [4.69, 9.17) is 0 Å². The van der Waals surface area contributed by atoms with Crippen molar-refractivity contribution in [3.05, 3.63) is 71.5 Å². The van der Waals surface area contributed by atoms with Crippen LogP contribution < -0.4 is 10.6 Å². The summed E-state index contributed by atoms with van der Waals surface area (Å²) >= 11 is 0. The fraction of sp³-hybridized carbons (Fsp3) is 0.348. The van der Waals surface area contributed by atoms with Crippen LogP contribution in [0.4, 0.5) is 0 Å². The SMILES string of the molecule is Cc1c(C(=O)NC(C)c2ccc(-c3ccccc3)cc2)nnn1C1CCNCC1. The summed E-state index contributed by atoms with van der Waals surface area (Å²) in [6.45, 7) is 5.86. The van der Waals surface area contributed by atoms with Crippen LogP contribution in [0.15, 0.2) is 54.6 Å². The lowest BCUT2D eigenvalue weighted by Crippen LogP contribution is -2.31. The van der Waals surface area contributed by atoms with Crippen molar-refractivity contribution >= 4 is 5.91 Å². The highest BCUT2D eigenvalue weighted by Gasteiger charge is 2.23. The third-order valence-electron chi connectivity index (χ3n) is 5.66. The van der Waals surface area contributed by atoms with Gasteiger partial charge in [-0.2, -0.15) is 0 Å². The Bertz CT molecular complexity index is 959. The van der Waals surface area contributed by atoms with Gasteiger partial charge in [-0.1, -0.05) is 59.8 Å². The molecular formula is C23H27N5O. The first-order chi connectivity index (χ1) is 14.1. The second-order valence-corrected chi connectivity index (χ2v) is 7.63. The number of nitrogens with one attached hydrogen (secondary N) is 2. The van der Waals surface area contributed by atoms with Crippen molar-refractivity contribution in [1.82, 2.24) is 25.6 Å². The van der Waals surface area contributed by atoms with Gasteiger partial charge in [-0.05, 0) is 56.5 Å². The maximum Gasteiger partial charge on any atom is 0.274 e. The predicted molar refractivity (Wildman–Crippen MR) is 114 cm³/mol. The molecule has 0 radical (unpaired) electrons. The summed E-state index contributed by atoms with van der Waals surface area (Å²) in [5.41, 5.74) is 4.65. The summed E-state index contributed by atoms with van der Waals surface area (Å²) in [7, 11) is 0. The van der Waals surface area contributed by atoms with Crippen LogP contribution in [0.2, 0.25) is 0 Å². The molecule has 6 nitrogen and oxygen atoms in total. The molecule has 1 amide bonds. The zero-order valence-corrected chi connectivity index (χ0v) is 16.9. The Morgan fingerprint density at radius 3 is 2.41 bits per heavy atom. The normalized spacial score (nSPS) is 15.8. The molecule has 0 bridgehead atoms. The zero-order valence-electron chi connectivity index (χ0n) is 16.9. The molecule has 4 rings (SSSR count). The van der Waals surface area contributed by atoms with Crippen molar-refractivity contribution in [2.45, 2.75) is 38.8 Å². The smallest absolute Gasteiger partial charge is 0.274 e. The fourth-order valence-corrected chi connectivity index (χ4v) is 3.89. The van der Waals surface area contributed by atoms with Gasteiger partial charge in [0.2, 0.25) is 0 Å². The number of hydrogen-bond donors (Lipinski definition) is 2. The summed E-state index contributed by atoms with van der Waals surface area (Å²) in [6, 6.07) is 18.8. The van der Waals surface area contributed by atoms with E-state index in [-0.39, 0.29) is 11.9 Å². The third kappa shape index (κ3) is 4.22. The van der Waals surface area contributed by atoms with Crippen LogP contribution in [0.3, 0.4) is 0 Å². The largest absolute Gasteiger partial charge is 0.344 e. The second kappa shape index (κ2) is 8.57. The number of piperidine rings is 1. The Morgan fingerprint density at radius 2 is 1.72 bits per heavy atom. The van der Waals surface area contributed by atoms with Crippen molar-refractivity contribution in [1.29, 1.82) is 0 Å². The minimum atomic E-state index is -0.178. The molecule has 2 aromatic carbocycles. The van der Waals surface area contributed by atoms with Gasteiger partial charge in [-0.25, -0.2) is 4.68 Å². The van der Waals surface area contributed by atoms with Crippen molar-refractivity contribution in [3.63, 3.8) is 0 Å². The molecule has 1 atom stereocenters. The Labute approximate surface area is 171 Å². The third-order valence-corrected chi connectivity index (χ3v) is 5.66. The Kier molecular flexibility index (Phi) is 5.71. The summed E-state index contributed by atoms with van der Waals surface area (Å²) < 4.78 is 1.91. The van der Waals surface area contributed by atoms with E-state index >= 15 is 0 Å². The summed E-state index contributed by atoms with van der Waals surface area (Å²) in [4.78, 5) is 12.8. The lowest BCUT2D eigenvalue weighted by Gasteiger charge is -2.23. The average molecular weight is 390 g/mol. The monoisotopic (exact) mass is 389 g/mol. The van der Waals surface area contributed by atoms with Crippen LogP contribution in [0.5, 0.6) is 0 Å². The van der Waals surface area contributed by atoms with E-state index in [1.807, 2.05) is 36.7 Å². The fourth-order valence-electron chi connectivity index (χ4n) is 3.89. The topological polar surface area (TPSA) is 71.8 Å². The van der Waals surface area contributed by atoms with Crippen LogP contribution in [0.25, 0.3) is 11.1 Å². The molecule has 2 N–H and O–H groups in total. The van der Waals surface area contributed by atoms with Crippen LogP contribution in [-0.2, 0) is 0 Å². The number of amides is 1. The number of benzene rings is 2. The predicted octanol–water partition coefficient (Wildman–Crippen LogP) is 3.67. The van der Waals surface area contributed by atoms with Gasteiger partial charge >= 0.3 is 0 Å². The van der Waals surface area contributed by atoms with E-state index in [0.29, 0.717) is 11.7 Å². The molecule has 150 valence electrons. The van der Waals surface area contributed by atoms with E-state index < -0.39 is 0 Å². The number of carbonyl (C=O) groups is 1. The quantitative estimate of drug-likeness (QED) is 0.698. The van der Waals surface area contributed by atoms with Crippen molar-refractivity contribution < 1.29 is 4.79 Å². The molecule has 0 spiro atoms. The molecule has 29 heavy (non-hydrogen) atoms. The van der Waals surface area contributed by atoms with Gasteiger partial charge in [0.05, 0.1) is 17.8 Å². The summed E-state index contributed by atoms with van der Waals surface area (Å²) in [5, 5.41) is 14.8. The Hall–Kier alpha value is -2.99. The van der Waals surface area contributed by atoms with Crippen molar-refractivity contribution in [2.24, 2.45) is 0 Å². The molecular weight excluding hydrogens is 362 g/mol. The maximum atomic E-state index is 12.8. The number of aromatic nitrogens is 3. The molecule has 1 aliphatic rings. The summed E-state index contributed by atoms with van der Waals surface area (Å²) in [5.74, 6) is -0.178. The van der Waals surface area contributed by atoms with Gasteiger partial charge in [0.15, 0.2) is 5.69 Å². The van der Waals surface area contributed by atoms with Gasteiger partial charge in [0, 0.05) is 0 Å². The minimum Gasteiger partial charge on any atom is -0.344 e. The Balaban J connectivity index is 1.44. The highest BCUT2D eigenvalue weighted by Crippen LogP contribution is 2.23. The molecule has 1 unspecified atom stereocenters. The summed E-state index contributed by atoms with van der Waals surface area (Å²) in [6.07, 6.45) is 2.02. The first kappa shape index (κ1) is 19.3. The molecule has 1 aliphatic heterocycles. The van der Waals surface area contributed by atoms with Gasteiger partial charge in [0.25, 0.3) is 5.91 Å². The highest BCUT2D eigenvalue weighted by molar-refractivity contribution is 5.93.